The second kappa shape index (κ2) is 11.8. The van der Waals surface area contributed by atoms with Gasteiger partial charge in [-0.2, -0.15) is 0 Å². The van der Waals surface area contributed by atoms with Gasteiger partial charge in [0, 0.05) is 68.2 Å². The average Bonchev–Trinajstić information content (AvgIpc) is 3.39. The summed E-state index contributed by atoms with van der Waals surface area (Å²) in [5, 5.41) is 4.37. The number of aromatic nitrogens is 1. The number of nitrogens with one attached hydrogen (secondary N) is 1. The molecule has 4 aromatic rings. The highest BCUT2D eigenvalue weighted by Gasteiger charge is 2.23. The van der Waals surface area contributed by atoms with Crippen LogP contribution in [-0.2, 0) is 6.54 Å². The molecule has 39 heavy (non-hydrogen) atoms. The number of rotatable bonds is 7. The van der Waals surface area contributed by atoms with Gasteiger partial charge in [0.1, 0.15) is 11.9 Å². The minimum absolute atomic E-state index is 0.0327. The minimum atomic E-state index is 0.0327. The number of amides is 1. The lowest BCUT2D eigenvalue weighted by molar-refractivity contribution is 0.0912. The van der Waals surface area contributed by atoms with Gasteiger partial charge in [-0.1, -0.05) is 23.8 Å². The molecule has 0 aliphatic carbocycles. The normalized spacial score (nSPS) is 17.4. The fourth-order valence-corrected chi connectivity index (χ4v) is 6.58. The maximum absolute atomic E-state index is 13.1. The summed E-state index contributed by atoms with van der Waals surface area (Å²) in [6.45, 7) is 6.94. The standard InChI is InChI=1S/C32H36N4O2S/c1-23-5-8-27(9-6-23)36-18-13-28(14-19-36)38-29-10-7-24-20-31(39-30(24)21-29)32(37)34-25-11-16-35(17-12-25)22-26-4-2-3-15-33-26/h2-10,15,20-21,25,28H,11-14,16-19,22H2,1H3,(H,34,37). The molecule has 6 rings (SSSR count). The number of nitrogens with zero attached hydrogens (tertiary/aromatic N) is 3. The molecule has 2 aliphatic heterocycles. The van der Waals surface area contributed by atoms with Crippen LogP contribution in [0.4, 0.5) is 5.69 Å². The molecule has 0 spiro atoms. The second-order valence-electron chi connectivity index (χ2n) is 10.8. The molecule has 1 N–H and O–H groups in total. The Labute approximate surface area is 234 Å². The summed E-state index contributed by atoms with van der Waals surface area (Å²) < 4.78 is 7.48. The first-order chi connectivity index (χ1) is 19.1. The van der Waals surface area contributed by atoms with Crippen molar-refractivity contribution >= 4 is 33.0 Å². The van der Waals surface area contributed by atoms with Gasteiger partial charge in [0.15, 0.2) is 0 Å². The Balaban J connectivity index is 0.999. The number of carbonyl (C=O) groups is 1. The third-order valence-corrected chi connectivity index (χ3v) is 8.99. The molecule has 0 bridgehead atoms. The van der Waals surface area contributed by atoms with E-state index in [1.54, 1.807) is 11.3 Å². The van der Waals surface area contributed by atoms with Crippen molar-refractivity contribution in [3.63, 3.8) is 0 Å². The molecule has 2 fully saturated rings. The van der Waals surface area contributed by atoms with Gasteiger partial charge >= 0.3 is 0 Å². The Morgan fingerprint density at radius 3 is 2.51 bits per heavy atom. The second-order valence-corrected chi connectivity index (χ2v) is 11.9. The van der Waals surface area contributed by atoms with Crippen LogP contribution in [0.15, 0.2) is 72.9 Å². The highest BCUT2D eigenvalue weighted by molar-refractivity contribution is 7.20. The van der Waals surface area contributed by atoms with Gasteiger partial charge in [-0.05, 0) is 73.7 Å². The summed E-state index contributed by atoms with van der Waals surface area (Å²) in [6, 6.07) is 23.3. The Kier molecular flexibility index (Phi) is 7.79. The zero-order valence-corrected chi connectivity index (χ0v) is 23.3. The van der Waals surface area contributed by atoms with E-state index in [1.165, 1.54) is 11.3 Å². The number of aryl methyl sites for hydroxylation is 1. The maximum Gasteiger partial charge on any atom is 0.261 e. The molecule has 7 heteroatoms. The molecule has 2 saturated heterocycles. The third-order valence-electron chi connectivity index (χ3n) is 7.89. The van der Waals surface area contributed by atoms with Gasteiger partial charge in [-0.15, -0.1) is 11.3 Å². The van der Waals surface area contributed by atoms with Gasteiger partial charge < -0.3 is 15.0 Å². The van der Waals surface area contributed by atoms with E-state index in [2.05, 4.69) is 69.5 Å². The van der Waals surface area contributed by atoms with Gasteiger partial charge in [0.2, 0.25) is 0 Å². The largest absolute Gasteiger partial charge is 0.490 e. The predicted octanol–water partition coefficient (Wildman–Crippen LogP) is 6.05. The van der Waals surface area contributed by atoms with E-state index in [9.17, 15) is 4.79 Å². The Morgan fingerprint density at radius 2 is 1.77 bits per heavy atom. The van der Waals surface area contributed by atoms with E-state index in [1.807, 2.05) is 30.5 Å². The minimum Gasteiger partial charge on any atom is -0.490 e. The lowest BCUT2D eigenvalue weighted by atomic mass is 10.0. The van der Waals surface area contributed by atoms with Crippen molar-refractivity contribution in [3.8, 4) is 5.75 Å². The van der Waals surface area contributed by atoms with Crippen molar-refractivity contribution in [1.29, 1.82) is 0 Å². The van der Waals surface area contributed by atoms with Crippen LogP contribution in [0.2, 0.25) is 0 Å². The summed E-state index contributed by atoms with van der Waals surface area (Å²) in [4.78, 5) is 23.1. The predicted molar refractivity (Wildman–Crippen MR) is 159 cm³/mol. The zero-order chi connectivity index (χ0) is 26.6. The molecule has 2 aromatic heterocycles. The molecule has 0 saturated carbocycles. The number of hydrogen-bond acceptors (Lipinski definition) is 6. The number of carbonyl (C=O) groups excluding carboxylic acids is 1. The summed E-state index contributed by atoms with van der Waals surface area (Å²) in [6.07, 6.45) is 6.00. The van der Waals surface area contributed by atoms with E-state index in [-0.39, 0.29) is 18.1 Å². The van der Waals surface area contributed by atoms with Crippen molar-refractivity contribution < 1.29 is 9.53 Å². The molecule has 6 nitrogen and oxygen atoms in total. The van der Waals surface area contributed by atoms with E-state index in [0.717, 1.165) is 84.8 Å². The summed E-state index contributed by atoms with van der Waals surface area (Å²) >= 11 is 1.55. The fraction of sp³-hybridized carbons (Fsp3) is 0.375. The molecule has 1 amide bonds. The van der Waals surface area contributed by atoms with Gasteiger partial charge in [-0.3, -0.25) is 14.7 Å². The number of hydrogen-bond donors (Lipinski definition) is 1. The number of thiophene rings is 1. The van der Waals surface area contributed by atoms with Crippen LogP contribution in [0.25, 0.3) is 10.1 Å². The van der Waals surface area contributed by atoms with Crippen molar-refractivity contribution in [1.82, 2.24) is 15.2 Å². The molecule has 202 valence electrons. The first-order valence-corrected chi connectivity index (χ1v) is 14.9. The number of benzene rings is 2. The average molecular weight is 541 g/mol. The Hall–Kier alpha value is -3.42. The van der Waals surface area contributed by atoms with E-state index in [4.69, 9.17) is 4.74 Å². The lowest BCUT2D eigenvalue weighted by Gasteiger charge is -2.33. The van der Waals surface area contributed by atoms with Crippen LogP contribution < -0.4 is 15.0 Å². The van der Waals surface area contributed by atoms with Crippen LogP contribution in [0.1, 0.15) is 46.6 Å². The van der Waals surface area contributed by atoms with Gasteiger partial charge in [0.05, 0.1) is 10.6 Å². The topological polar surface area (TPSA) is 57.7 Å². The van der Waals surface area contributed by atoms with Gasteiger partial charge in [-0.25, -0.2) is 0 Å². The Bertz CT molecular complexity index is 1390. The molecule has 0 unspecified atom stereocenters. The SMILES string of the molecule is Cc1ccc(N2CCC(Oc3ccc4cc(C(=O)NC5CCN(Cc6ccccn6)CC5)sc4c3)CC2)cc1. The first-order valence-electron chi connectivity index (χ1n) is 14.0. The number of anilines is 1. The molecule has 4 heterocycles. The van der Waals surface area contributed by atoms with Crippen molar-refractivity contribution in [2.24, 2.45) is 0 Å². The summed E-state index contributed by atoms with van der Waals surface area (Å²) in [5.41, 5.74) is 3.68. The molecule has 2 aliphatic rings. The van der Waals surface area contributed by atoms with Crippen LogP contribution >= 0.6 is 11.3 Å². The molecular weight excluding hydrogens is 504 g/mol. The highest BCUT2D eigenvalue weighted by atomic mass is 32.1. The number of pyridine rings is 1. The lowest BCUT2D eigenvalue weighted by Crippen LogP contribution is -2.44. The third kappa shape index (κ3) is 6.43. The van der Waals surface area contributed by atoms with Crippen LogP contribution in [0.5, 0.6) is 5.75 Å². The van der Waals surface area contributed by atoms with Crippen LogP contribution in [-0.4, -0.2) is 54.1 Å². The Morgan fingerprint density at radius 1 is 0.974 bits per heavy atom. The quantitative estimate of drug-likeness (QED) is 0.309. The molecule has 0 atom stereocenters. The van der Waals surface area contributed by atoms with Crippen LogP contribution in [0, 0.1) is 6.92 Å². The van der Waals surface area contributed by atoms with E-state index in [0.29, 0.717) is 0 Å². The number of likely N-dealkylation sites (tertiary alicyclic amines) is 1. The summed E-state index contributed by atoms with van der Waals surface area (Å²) in [7, 11) is 0. The van der Waals surface area contributed by atoms with Crippen molar-refractivity contribution in [2.75, 3.05) is 31.1 Å². The maximum atomic E-state index is 13.1. The van der Waals surface area contributed by atoms with E-state index >= 15 is 0 Å². The smallest absolute Gasteiger partial charge is 0.261 e. The molecule has 0 radical (unpaired) electrons. The number of ether oxygens (including phenoxy) is 1. The molecule has 2 aromatic carbocycles. The zero-order valence-electron chi connectivity index (χ0n) is 22.5. The number of piperidine rings is 2. The molecular formula is C32H36N4O2S. The van der Waals surface area contributed by atoms with Crippen molar-refractivity contribution in [2.45, 2.75) is 51.3 Å². The highest BCUT2D eigenvalue weighted by Crippen LogP contribution is 2.31. The van der Waals surface area contributed by atoms with Crippen LogP contribution in [0.3, 0.4) is 0 Å². The monoisotopic (exact) mass is 540 g/mol. The summed E-state index contributed by atoms with van der Waals surface area (Å²) in [5.74, 6) is 0.927. The van der Waals surface area contributed by atoms with Crippen molar-refractivity contribution in [3.05, 3.63) is 89.1 Å². The first kappa shape index (κ1) is 25.8. The van der Waals surface area contributed by atoms with E-state index < -0.39 is 0 Å². The number of fused-ring (bicyclic) bond motifs is 1. The van der Waals surface area contributed by atoms with Gasteiger partial charge in [0.25, 0.3) is 5.91 Å². The fourth-order valence-electron chi connectivity index (χ4n) is 5.59.